The number of amides is 1. The summed E-state index contributed by atoms with van der Waals surface area (Å²) in [5, 5.41) is 11.0. The van der Waals surface area contributed by atoms with Gasteiger partial charge in [0.25, 0.3) is 11.7 Å². The molecule has 0 bridgehead atoms. The Balaban J connectivity index is 2.21. The van der Waals surface area contributed by atoms with Crippen molar-refractivity contribution in [1.82, 2.24) is 4.90 Å². The summed E-state index contributed by atoms with van der Waals surface area (Å²) in [6.07, 6.45) is 0. The summed E-state index contributed by atoms with van der Waals surface area (Å²) in [5.74, 6) is -1.99. The minimum Gasteiger partial charge on any atom is -0.507 e. The third-order valence-corrected chi connectivity index (χ3v) is 4.96. The van der Waals surface area contributed by atoms with E-state index in [1.165, 1.54) is 37.3 Å². The van der Waals surface area contributed by atoms with E-state index in [4.69, 9.17) is 9.47 Å². The molecule has 2 aromatic carbocycles. The number of Topliss-reactive ketones (excluding diaryl/α,β-unsaturated/α-hetero) is 1. The number of carbonyl (C=O) groups is 2. The number of halogens is 1. The van der Waals surface area contributed by atoms with E-state index in [0.29, 0.717) is 16.9 Å². The van der Waals surface area contributed by atoms with Crippen LogP contribution in [0.3, 0.4) is 0 Å². The molecule has 1 amide bonds. The highest BCUT2D eigenvalue weighted by molar-refractivity contribution is 6.46. The van der Waals surface area contributed by atoms with E-state index in [1.807, 2.05) is 0 Å². The third kappa shape index (κ3) is 3.73. The fraction of sp³-hybridized carbons (Fsp3) is 0.273. The molecule has 1 aliphatic heterocycles. The highest BCUT2D eigenvalue weighted by atomic mass is 19.1. The minimum atomic E-state index is -1.05. The molecule has 2 aromatic rings. The van der Waals surface area contributed by atoms with E-state index in [9.17, 15) is 19.1 Å². The second-order valence-electron chi connectivity index (χ2n) is 6.69. The number of benzene rings is 2. The molecule has 1 aliphatic rings. The number of aryl methyl sites for hydroxylation is 1. The smallest absolute Gasteiger partial charge is 0.295 e. The molecule has 1 saturated heterocycles. The van der Waals surface area contributed by atoms with Gasteiger partial charge in [0.15, 0.2) is 0 Å². The number of hydrogen-bond donors (Lipinski definition) is 1. The quantitative estimate of drug-likeness (QED) is 0.459. The average molecular weight is 399 g/mol. The first-order chi connectivity index (χ1) is 13.9. The van der Waals surface area contributed by atoms with Crippen molar-refractivity contribution in [2.45, 2.75) is 13.0 Å². The predicted octanol–water partition coefficient (Wildman–Crippen LogP) is 3.21. The molecule has 1 unspecified atom stereocenters. The predicted molar refractivity (Wildman–Crippen MR) is 105 cm³/mol. The lowest BCUT2D eigenvalue weighted by molar-refractivity contribution is -0.140. The van der Waals surface area contributed by atoms with Crippen molar-refractivity contribution in [3.63, 3.8) is 0 Å². The fourth-order valence-electron chi connectivity index (χ4n) is 3.49. The molecule has 0 aliphatic carbocycles. The Hall–Kier alpha value is -3.19. The lowest BCUT2D eigenvalue weighted by Crippen LogP contribution is -2.33. The van der Waals surface area contributed by atoms with Gasteiger partial charge in [0.1, 0.15) is 17.3 Å². The molecule has 0 saturated carbocycles. The van der Waals surface area contributed by atoms with Crippen molar-refractivity contribution in [3.8, 4) is 5.75 Å². The average Bonchev–Trinajstić information content (AvgIpc) is 2.96. The molecule has 1 heterocycles. The van der Waals surface area contributed by atoms with E-state index in [2.05, 4.69) is 0 Å². The van der Waals surface area contributed by atoms with Crippen LogP contribution in [0, 0.1) is 12.7 Å². The molecule has 1 N–H and O–H groups in total. The summed E-state index contributed by atoms with van der Waals surface area (Å²) in [6.45, 7) is 1.99. The first kappa shape index (κ1) is 20.5. The second kappa shape index (κ2) is 8.45. The van der Waals surface area contributed by atoms with Crippen LogP contribution in [0.2, 0.25) is 0 Å². The van der Waals surface area contributed by atoms with Crippen molar-refractivity contribution in [1.29, 1.82) is 0 Å². The number of nitrogens with zero attached hydrogens (tertiary/aromatic N) is 1. The van der Waals surface area contributed by atoms with Gasteiger partial charge in [0, 0.05) is 24.8 Å². The molecule has 0 spiro atoms. The Labute approximate surface area is 168 Å². The lowest BCUT2D eigenvalue weighted by atomic mass is 9.93. The van der Waals surface area contributed by atoms with Crippen LogP contribution in [0.1, 0.15) is 22.7 Å². The molecule has 1 fully saturated rings. The Bertz CT molecular complexity index is 985. The maximum absolute atomic E-state index is 14.6. The lowest BCUT2D eigenvalue weighted by Gasteiger charge is -2.25. The van der Waals surface area contributed by atoms with Crippen LogP contribution >= 0.6 is 0 Å². The van der Waals surface area contributed by atoms with Crippen molar-refractivity contribution >= 4 is 17.4 Å². The number of carbonyl (C=O) groups excluding carboxylic acids is 2. The van der Waals surface area contributed by atoms with Gasteiger partial charge < -0.3 is 19.5 Å². The van der Waals surface area contributed by atoms with Crippen molar-refractivity contribution in [2.75, 3.05) is 27.4 Å². The van der Waals surface area contributed by atoms with Gasteiger partial charge in [-0.3, -0.25) is 9.59 Å². The highest BCUT2D eigenvalue weighted by Gasteiger charge is 2.46. The molecule has 6 nitrogen and oxygen atoms in total. The zero-order valence-electron chi connectivity index (χ0n) is 16.4. The molecule has 1 atom stereocenters. The van der Waals surface area contributed by atoms with Crippen molar-refractivity contribution in [2.24, 2.45) is 0 Å². The van der Waals surface area contributed by atoms with Crippen LogP contribution in [0.15, 0.2) is 48.0 Å². The van der Waals surface area contributed by atoms with E-state index in [1.54, 1.807) is 31.2 Å². The van der Waals surface area contributed by atoms with Gasteiger partial charge in [-0.2, -0.15) is 0 Å². The Morgan fingerprint density at radius 1 is 1.17 bits per heavy atom. The maximum Gasteiger partial charge on any atom is 0.295 e. The zero-order valence-corrected chi connectivity index (χ0v) is 16.4. The topological polar surface area (TPSA) is 76.1 Å². The summed E-state index contributed by atoms with van der Waals surface area (Å²) >= 11 is 0. The largest absolute Gasteiger partial charge is 0.507 e. The summed E-state index contributed by atoms with van der Waals surface area (Å²) in [6, 6.07) is 9.79. The van der Waals surface area contributed by atoms with Crippen LogP contribution in [0.5, 0.6) is 5.75 Å². The number of aliphatic hydroxyl groups excluding tert-OH is 1. The molecule has 0 aromatic heterocycles. The maximum atomic E-state index is 14.6. The summed E-state index contributed by atoms with van der Waals surface area (Å²) in [7, 11) is 2.99. The Morgan fingerprint density at radius 2 is 1.90 bits per heavy atom. The van der Waals surface area contributed by atoms with Gasteiger partial charge in [0.05, 0.1) is 25.3 Å². The first-order valence-corrected chi connectivity index (χ1v) is 9.07. The van der Waals surface area contributed by atoms with Gasteiger partial charge in [-0.15, -0.1) is 0 Å². The van der Waals surface area contributed by atoms with Gasteiger partial charge in [-0.05, 0) is 36.8 Å². The highest BCUT2D eigenvalue weighted by Crippen LogP contribution is 2.40. The second-order valence-corrected chi connectivity index (χ2v) is 6.69. The Kier molecular flexibility index (Phi) is 5.98. The molecular weight excluding hydrogens is 377 g/mol. The molecule has 0 radical (unpaired) electrons. The number of rotatable bonds is 6. The van der Waals surface area contributed by atoms with Crippen molar-refractivity contribution < 1.29 is 28.6 Å². The number of hydrogen-bond acceptors (Lipinski definition) is 5. The number of ether oxygens (including phenoxy) is 2. The molecule has 29 heavy (non-hydrogen) atoms. The number of ketones is 1. The van der Waals surface area contributed by atoms with E-state index >= 15 is 0 Å². The third-order valence-electron chi connectivity index (χ3n) is 4.96. The first-order valence-electron chi connectivity index (χ1n) is 9.07. The molecule has 152 valence electrons. The van der Waals surface area contributed by atoms with Crippen LogP contribution in [-0.2, 0) is 14.3 Å². The summed E-state index contributed by atoms with van der Waals surface area (Å²) in [4.78, 5) is 26.7. The van der Waals surface area contributed by atoms with E-state index < -0.39 is 23.5 Å². The van der Waals surface area contributed by atoms with Gasteiger partial charge in [-0.1, -0.05) is 18.2 Å². The minimum absolute atomic E-state index is 0.0818. The van der Waals surface area contributed by atoms with Crippen LogP contribution < -0.4 is 4.74 Å². The van der Waals surface area contributed by atoms with Crippen LogP contribution in [0.25, 0.3) is 5.76 Å². The molecule has 7 heteroatoms. The number of aliphatic hydroxyl groups is 1. The summed E-state index contributed by atoms with van der Waals surface area (Å²) in [5.41, 5.74) is 1.01. The van der Waals surface area contributed by atoms with E-state index in [-0.39, 0.29) is 30.0 Å². The van der Waals surface area contributed by atoms with Gasteiger partial charge in [-0.25, -0.2) is 4.39 Å². The molecule has 3 rings (SSSR count). The number of likely N-dealkylation sites (tertiary alicyclic amines) is 1. The van der Waals surface area contributed by atoms with Gasteiger partial charge >= 0.3 is 0 Å². The SMILES string of the molecule is COCCN1C(=O)C(=O)/C(=C(/O)c2ccc(OC)cc2C)C1c1ccccc1F. The summed E-state index contributed by atoms with van der Waals surface area (Å²) < 4.78 is 24.8. The number of methoxy groups -OCH3 is 2. The molecular formula is C22H22FNO5. The standard InChI is InChI=1S/C22H22FNO5/c1-13-12-14(29-3)8-9-15(13)20(25)18-19(16-6-4-5-7-17(16)23)24(10-11-28-2)22(27)21(18)26/h4-9,12,19,25H,10-11H2,1-3H3/b20-18+. The van der Waals surface area contributed by atoms with Gasteiger partial charge in [0.2, 0.25) is 0 Å². The normalized spacial score (nSPS) is 18.3. The van der Waals surface area contributed by atoms with Crippen LogP contribution in [-0.4, -0.2) is 49.1 Å². The Morgan fingerprint density at radius 3 is 2.52 bits per heavy atom. The fourth-order valence-corrected chi connectivity index (χ4v) is 3.49. The zero-order chi connectivity index (χ0) is 21.1. The van der Waals surface area contributed by atoms with Crippen molar-refractivity contribution in [3.05, 3.63) is 70.5 Å². The van der Waals surface area contributed by atoms with Crippen LogP contribution in [0.4, 0.5) is 4.39 Å². The monoisotopic (exact) mass is 399 g/mol. The van der Waals surface area contributed by atoms with E-state index in [0.717, 1.165) is 0 Å².